The van der Waals surface area contributed by atoms with Crippen LogP contribution in [0.2, 0.25) is 0 Å². The molecule has 0 fully saturated rings. The Morgan fingerprint density at radius 1 is 0.966 bits per heavy atom. The van der Waals surface area contributed by atoms with Crippen LogP contribution in [0.5, 0.6) is 0 Å². The number of amides is 1. The monoisotopic (exact) mass is 393 g/mol. The van der Waals surface area contributed by atoms with Crippen LogP contribution in [0.4, 0.5) is 0 Å². The summed E-state index contributed by atoms with van der Waals surface area (Å²) >= 11 is 0. The Morgan fingerprint density at radius 2 is 1.69 bits per heavy atom. The molecule has 1 aliphatic carbocycles. The Morgan fingerprint density at radius 3 is 2.41 bits per heavy atom. The molecule has 5 nitrogen and oxygen atoms in total. The molecule has 0 unspecified atom stereocenters. The molecule has 0 aliphatic heterocycles. The van der Waals surface area contributed by atoms with Crippen LogP contribution in [-0.2, 0) is 44.8 Å². The van der Waals surface area contributed by atoms with Gasteiger partial charge in [-0.25, -0.2) is 0 Å². The fourth-order valence-corrected chi connectivity index (χ4v) is 3.64. The van der Waals surface area contributed by atoms with Gasteiger partial charge in [0.1, 0.15) is 0 Å². The van der Waals surface area contributed by atoms with E-state index in [0.717, 1.165) is 24.0 Å². The number of fused-ring (bicyclic) bond motifs is 1. The van der Waals surface area contributed by atoms with Gasteiger partial charge in [0.05, 0.1) is 12.5 Å². The van der Waals surface area contributed by atoms with Crippen LogP contribution in [0.3, 0.4) is 0 Å². The number of rotatable bonds is 8. The number of nitrogens with one attached hydrogen (secondary N) is 1. The first kappa shape index (κ1) is 20.8. The number of carbonyl (C=O) groups excluding carboxylic acids is 3. The molecule has 0 bridgehead atoms. The molecular formula is C24H27NO4. The summed E-state index contributed by atoms with van der Waals surface area (Å²) < 4.78 is 5.12. The van der Waals surface area contributed by atoms with Gasteiger partial charge in [-0.15, -0.1) is 0 Å². The Labute approximate surface area is 171 Å². The van der Waals surface area contributed by atoms with Crippen LogP contribution in [0.25, 0.3) is 0 Å². The highest BCUT2D eigenvalue weighted by molar-refractivity contribution is 5.89. The maximum atomic E-state index is 12.2. The molecule has 0 spiro atoms. The highest BCUT2D eigenvalue weighted by Gasteiger charge is 2.19. The maximum Gasteiger partial charge on any atom is 0.310 e. The number of Topliss-reactive ketones (excluding diaryl/α,β-unsaturated/α-hetero) is 1. The van der Waals surface area contributed by atoms with Gasteiger partial charge in [0, 0.05) is 0 Å². The lowest BCUT2D eigenvalue weighted by Crippen LogP contribution is -2.43. The average molecular weight is 393 g/mol. The number of carbonyl (C=O) groups is 3. The molecule has 1 N–H and O–H groups in total. The molecule has 0 radical (unpaired) electrons. The molecule has 1 amide bonds. The van der Waals surface area contributed by atoms with Gasteiger partial charge in [-0.05, 0) is 61.3 Å². The van der Waals surface area contributed by atoms with E-state index >= 15 is 0 Å². The SMILES string of the molecule is CC(=O)[C@@H](Cc1ccccc1)NC(=O)COC(=O)Cc1ccc2c(c1)CCCC2. The minimum atomic E-state index is -0.635. The van der Waals surface area contributed by atoms with Crippen LogP contribution < -0.4 is 5.32 Å². The van der Waals surface area contributed by atoms with E-state index in [1.165, 1.54) is 30.9 Å². The number of aryl methyl sites for hydroxylation is 2. The number of esters is 1. The molecule has 29 heavy (non-hydrogen) atoms. The highest BCUT2D eigenvalue weighted by atomic mass is 16.5. The Kier molecular flexibility index (Phi) is 7.17. The third kappa shape index (κ3) is 6.28. The Balaban J connectivity index is 1.47. The summed E-state index contributed by atoms with van der Waals surface area (Å²) in [6, 6.07) is 15.0. The first-order chi connectivity index (χ1) is 14.0. The van der Waals surface area contributed by atoms with Crippen LogP contribution >= 0.6 is 0 Å². The van der Waals surface area contributed by atoms with E-state index in [-0.39, 0.29) is 18.8 Å². The minimum absolute atomic E-state index is 0.136. The normalized spacial score (nSPS) is 13.8. The summed E-state index contributed by atoms with van der Waals surface area (Å²) in [6.07, 6.45) is 5.09. The second kappa shape index (κ2) is 10.0. The van der Waals surface area contributed by atoms with Gasteiger partial charge in [-0.2, -0.15) is 0 Å². The van der Waals surface area contributed by atoms with Crippen LogP contribution in [0.15, 0.2) is 48.5 Å². The lowest BCUT2D eigenvalue weighted by molar-refractivity contribution is -0.148. The van der Waals surface area contributed by atoms with Crippen molar-refractivity contribution in [2.75, 3.05) is 6.61 Å². The van der Waals surface area contributed by atoms with E-state index in [9.17, 15) is 14.4 Å². The topological polar surface area (TPSA) is 72.5 Å². The van der Waals surface area contributed by atoms with Gasteiger partial charge < -0.3 is 10.1 Å². The largest absolute Gasteiger partial charge is 0.455 e. The fourth-order valence-electron chi connectivity index (χ4n) is 3.64. The molecule has 1 atom stereocenters. The average Bonchev–Trinajstić information content (AvgIpc) is 2.72. The zero-order chi connectivity index (χ0) is 20.6. The Bertz CT molecular complexity index is 876. The third-order valence-electron chi connectivity index (χ3n) is 5.23. The summed E-state index contributed by atoms with van der Waals surface area (Å²) in [5.74, 6) is -1.05. The minimum Gasteiger partial charge on any atom is -0.455 e. The number of benzene rings is 2. The van der Waals surface area contributed by atoms with Gasteiger partial charge >= 0.3 is 5.97 Å². The molecule has 1 aliphatic rings. The van der Waals surface area contributed by atoms with E-state index in [1.807, 2.05) is 36.4 Å². The summed E-state index contributed by atoms with van der Waals surface area (Å²) in [5, 5.41) is 2.66. The second-order valence-electron chi connectivity index (χ2n) is 7.57. The molecule has 2 aromatic rings. The maximum absolute atomic E-state index is 12.2. The Hall–Kier alpha value is -2.95. The summed E-state index contributed by atoms with van der Waals surface area (Å²) in [6.45, 7) is 1.05. The molecule has 3 rings (SSSR count). The van der Waals surface area contributed by atoms with Gasteiger partial charge in [0.15, 0.2) is 12.4 Å². The number of ether oxygens (including phenoxy) is 1. The molecule has 0 saturated carbocycles. The van der Waals surface area contributed by atoms with Crippen molar-refractivity contribution in [3.63, 3.8) is 0 Å². The van der Waals surface area contributed by atoms with Crippen molar-refractivity contribution in [2.24, 2.45) is 0 Å². The van der Waals surface area contributed by atoms with Gasteiger partial charge in [0.25, 0.3) is 5.91 Å². The van der Waals surface area contributed by atoms with Gasteiger partial charge in [0.2, 0.25) is 0 Å². The zero-order valence-corrected chi connectivity index (χ0v) is 16.8. The summed E-state index contributed by atoms with van der Waals surface area (Å²) in [7, 11) is 0. The van der Waals surface area contributed by atoms with E-state index < -0.39 is 17.9 Å². The smallest absolute Gasteiger partial charge is 0.310 e. The highest BCUT2D eigenvalue weighted by Crippen LogP contribution is 2.22. The van der Waals surface area contributed by atoms with Crippen LogP contribution in [0.1, 0.15) is 42.0 Å². The van der Waals surface area contributed by atoms with Crippen molar-refractivity contribution in [3.8, 4) is 0 Å². The standard InChI is InChI=1S/C24H27NO4/c1-17(26)22(14-18-7-3-2-4-8-18)25-23(27)16-29-24(28)15-19-11-12-20-9-5-6-10-21(20)13-19/h2-4,7-8,11-13,22H,5-6,9-10,14-16H2,1H3,(H,25,27)/t22-/m1/s1. The number of ketones is 1. The lowest BCUT2D eigenvalue weighted by atomic mass is 9.90. The lowest BCUT2D eigenvalue weighted by Gasteiger charge is -2.17. The van der Waals surface area contributed by atoms with Crippen molar-refractivity contribution in [1.29, 1.82) is 0 Å². The van der Waals surface area contributed by atoms with Crippen LogP contribution in [0, 0.1) is 0 Å². The predicted molar refractivity (Wildman–Crippen MR) is 111 cm³/mol. The molecule has 0 aromatic heterocycles. The molecule has 0 heterocycles. The van der Waals surface area contributed by atoms with Crippen molar-refractivity contribution in [1.82, 2.24) is 5.32 Å². The number of hydrogen-bond acceptors (Lipinski definition) is 4. The number of hydrogen-bond donors (Lipinski definition) is 1. The second-order valence-corrected chi connectivity index (χ2v) is 7.57. The quantitative estimate of drug-likeness (QED) is 0.700. The van der Waals surface area contributed by atoms with Crippen molar-refractivity contribution in [2.45, 2.75) is 51.5 Å². The van der Waals surface area contributed by atoms with E-state index in [4.69, 9.17) is 4.74 Å². The fraction of sp³-hybridized carbons (Fsp3) is 0.375. The summed E-state index contributed by atoms with van der Waals surface area (Å²) in [5.41, 5.74) is 4.53. The van der Waals surface area contributed by atoms with Crippen molar-refractivity contribution < 1.29 is 19.1 Å². The van der Waals surface area contributed by atoms with Crippen molar-refractivity contribution >= 4 is 17.7 Å². The van der Waals surface area contributed by atoms with Gasteiger partial charge in [-0.1, -0.05) is 48.5 Å². The molecule has 5 heteroatoms. The van der Waals surface area contributed by atoms with E-state index in [0.29, 0.717) is 6.42 Å². The predicted octanol–water partition coefficient (Wildman–Crippen LogP) is 2.97. The molecule has 0 saturated heterocycles. The molecule has 2 aromatic carbocycles. The molecular weight excluding hydrogens is 366 g/mol. The molecule has 152 valence electrons. The first-order valence-electron chi connectivity index (χ1n) is 10.1. The van der Waals surface area contributed by atoms with Crippen molar-refractivity contribution in [3.05, 3.63) is 70.8 Å². The van der Waals surface area contributed by atoms with E-state index in [2.05, 4.69) is 17.4 Å². The first-order valence-corrected chi connectivity index (χ1v) is 10.1. The van der Waals surface area contributed by atoms with E-state index in [1.54, 1.807) is 0 Å². The van der Waals surface area contributed by atoms with Crippen LogP contribution in [-0.4, -0.2) is 30.3 Å². The van der Waals surface area contributed by atoms with Gasteiger partial charge in [-0.3, -0.25) is 14.4 Å². The summed E-state index contributed by atoms with van der Waals surface area (Å²) in [4.78, 5) is 36.1. The zero-order valence-electron chi connectivity index (χ0n) is 16.8. The third-order valence-corrected chi connectivity index (χ3v) is 5.23.